The van der Waals surface area contributed by atoms with E-state index in [0.29, 0.717) is 29.5 Å². The molecule has 0 radical (unpaired) electrons. The summed E-state index contributed by atoms with van der Waals surface area (Å²) in [6, 6.07) is 5.09. The van der Waals surface area contributed by atoms with Gasteiger partial charge in [0.2, 0.25) is 0 Å². The summed E-state index contributed by atoms with van der Waals surface area (Å²) in [6.07, 6.45) is 2.00. The van der Waals surface area contributed by atoms with Crippen LogP contribution in [0.2, 0.25) is 0 Å². The summed E-state index contributed by atoms with van der Waals surface area (Å²) >= 11 is 0. The third-order valence-corrected chi connectivity index (χ3v) is 3.29. The average Bonchev–Trinajstić information content (AvgIpc) is 2.45. The van der Waals surface area contributed by atoms with Gasteiger partial charge in [0.25, 0.3) is 5.91 Å². The number of anilines is 1. The summed E-state index contributed by atoms with van der Waals surface area (Å²) in [7, 11) is 1.60. The monoisotopic (exact) mass is 264 g/mol. The highest BCUT2D eigenvalue weighted by Crippen LogP contribution is 2.24. The summed E-state index contributed by atoms with van der Waals surface area (Å²) in [5, 5.41) is 2.60. The highest BCUT2D eigenvalue weighted by Gasteiger charge is 2.17. The summed E-state index contributed by atoms with van der Waals surface area (Å²) in [5.41, 5.74) is 6.86. The van der Waals surface area contributed by atoms with Gasteiger partial charge in [0.15, 0.2) is 0 Å². The van der Waals surface area contributed by atoms with Crippen molar-refractivity contribution < 1.29 is 14.3 Å². The van der Waals surface area contributed by atoms with Crippen LogP contribution in [0.15, 0.2) is 18.2 Å². The van der Waals surface area contributed by atoms with Crippen molar-refractivity contribution in [3.05, 3.63) is 23.8 Å². The minimum absolute atomic E-state index is 0.165. The standard InChI is InChI=1S/C14H20N2O3/c1-16-14(17)12-3-2-11(15)8-13(12)19-9-10-4-6-18-7-5-10/h2-3,8,10H,4-7,9,15H2,1H3,(H,16,17). The van der Waals surface area contributed by atoms with Crippen LogP contribution < -0.4 is 15.8 Å². The quantitative estimate of drug-likeness (QED) is 0.807. The highest BCUT2D eigenvalue weighted by molar-refractivity contribution is 5.97. The van der Waals surface area contributed by atoms with Gasteiger partial charge in [-0.05, 0) is 30.9 Å². The average molecular weight is 264 g/mol. The third-order valence-electron chi connectivity index (χ3n) is 3.29. The fourth-order valence-corrected chi connectivity index (χ4v) is 2.10. The van der Waals surface area contributed by atoms with Gasteiger partial charge in [-0.2, -0.15) is 0 Å². The Morgan fingerprint density at radius 3 is 2.89 bits per heavy atom. The number of amides is 1. The van der Waals surface area contributed by atoms with Gasteiger partial charge in [-0.15, -0.1) is 0 Å². The molecule has 5 nitrogen and oxygen atoms in total. The van der Waals surface area contributed by atoms with Crippen LogP contribution in [0, 0.1) is 5.92 Å². The Kier molecular flexibility index (Phi) is 4.63. The van der Waals surface area contributed by atoms with E-state index in [-0.39, 0.29) is 5.91 Å². The second kappa shape index (κ2) is 6.43. The van der Waals surface area contributed by atoms with Gasteiger partial charge in [0, 0.05) is 32.0 Å². The number of carbonyl (C=O) groups is 1. The van der Waals surface area contributed by atoms with Crippen LogP contribution >= 0.6 is 0 Å². The molecule has 104 valence electrons. The van der Waals surface area contributed by atoms with E-state index >= 15 is 0 Å². The molecule has 1 aromatic rings. The molecular formula is C14H20N2O3. The molecule has 3 N–H and O–H groups in total. The van der Waals surface area contributed by atoms with E-state index in [2.05, 4.69) is 5.32 Å². The Bertz CT molecular complexity index is 442. The first-order valence-corrected chi connectivity index (χ1v) is 6.53. The topological polar surface area (TPSA) is 73.6 Å². The lowest BCUT2D eigenvalue weighted by Gasteiger charge is -2.22. The summed E-state index contributed by atoms with van der Waals surface area (Å²) in [4.78, 5) is 11.7. The van der Waals surface area contributed by atoms with Crippen molar-refractivity contribution in [2.45, 2.75) is 12.8 Å². The number of nitrogens with two attached hydrogens (primary N) is 1. The molecule has 1 aliphatic rings. The van der Waals surface area contributed by atoms with Crippen molar-refractivity contribution in [2.75, 3.05) is 32.6 Å². The maximum absolute atomic E-state index is 11.7. The zero-order chi connectivity index (χ0) is 13.7. The van der Waals surface area contributed by atoms with Crippen LogP contribution in [-0.2, 0) is 4.74 Å². The number of ether oxygens (including phenoxy) is 2. The van der Waals surface area contributed by atoms with Crippen molar-refractivity contribution in [1.29, 1.82) is 0 Å². The van der Waals surface area contributed by atoms with Gasteiger partial charge in [0.1, 0.15) is 5.75 Å². The predicted molar refractivity (Wildman–Crippen MR) is 73.3 cm³/mol. The number of rotatable bonds is 4. The lowest BCUT2D eigenvalue weighted by Crippen LogP contribution is -2.23. The molecular weight excluding hydrogens is 244 g/mol. The Morgan fingerprint density at radius 2 is 2.21 bits per heavy atom. The van der Waals surface area contributed by atoms with Crippen LogP contribution in [0.5, 0.6) is 5.75 Å². The molecule has 0 unspecified atom stereocenters. The first kappa shape index (κ1) is 13.7. The second-order valence-electron chi connectivity index (χ2n) is 4.70. The van der Waals surface area contributed by atoms with Crippen LogP contribution in [-0.4, -0.2) is 32.8 Å². The largest absolute Gasteiger partial charge is 0.492 e. The first-order chi connectivity index (χ1) is 9.20. The number of hydrogen-bond acceptors (Lipinski definition) is 4. The van der Waals surface area contributed by atoms with Crippen molar-refractivity contribution in [1.82, 2.24) is 5.32 Å². The Balaban J connectivity index is 2.05. The van der Waals surface area contributed by atoms with Crippen molar-refractivity contribution in [2.24, 2.45) is 5.92 Å². The zero-order valence-electron chi connectivity index (χ0n) is 11.1. The predicted octanol–water partition coefficient (Wildman–Crippen LogP) is 1.43. The number of benzene rings is 1. The Hall–Kier alpha value is -1.75. The lowest BCUT2D eigenvalue weighted by molar-refractivity contribution is 0.0495. The summed E-state index contributed by atoms with van der Waals surface area (Å²) in [6.45, 7) is 2.16. The molecule has 1 aromatic carbocycles. The maximum Gasteiger partial charge on any atom is 0.254 e. The molecule has 1 heterocycles. The number of carbonyl (C=O) groups excluding carboxylic acids is 1. The molecule has 1 amide bonds. The van der Waals surface area contributed by atoms with E-state index in [0.717, 1.165) is 26.1 Å². The van der Waals surface area contributed by atoms with Gasteiger partial charge in [-0.25, -0.2) is 0 Å². The van der Waals surface area contributed by atoms with Crippen molar-refractivity contribution in [3.63, 3.8) is 0 Å². The molecule has 0 aliphatic carbocycles. The van der Waals surface area contributed by atoms with E-state index in [1.807, 2.05) is 0 Å². The summed E-state index contributed by atoms with van der Waals surface area (Å²) < 4.78 is 11.1. The minimum atomic E-state index is -0.165. The first-order valence-electron chi connectivity index (χ1n) is 6.53. The molecule has 0 atom stereocenters. The molecule has 2 rings (SSSR count). The number of nitrogens with one attached hydrogen (secondary N) is 1. The fourth-order valence-electron chi connectivity index (χ4n) is 2.10. The van der Waals surface area contributed by atoms with Crippen LogP contribution in [0.3, 0.4) is 0 Å². The Morgan fingerprint density at radius 1 is 1.47 bits per heavy atom. The molecule has 1 aliphatic heterocycles. The van der Waals surface area contributed by atoms with Gasteiger partial charge in [-0.3, -0.25) is 4.79 Å². The normalized spacial score (nSPS) is 16.1. The van der Waals surface area contributed by atoms with E-state index < -0.39 is 0 Å². The molecule has 1 fully saturated rings. The van der Waals surface area contributed by atoms with E-state index in [9.17, 15) is 4.79 Å². The lowest BCUT2D eigenvalue weighted by atomic mass is 10.0. The van der Waals surface area contributed by atoms with E-state index in [1.54, 1.807) is 25.2 Å². The Labute approximate surface area is 113 Å². The minimum Gasteiger partial charge on any atom is -0.492 e. The van der Waals surface area contributed by atoms with Crippen LogP contribution in [0.1, 0.15) is 23.2 Å². The van der Waals surface area contributed by atoms with Gasteiger partial charge in [0.05, 0.1) is 12.2 Å². The van der Waals surface area contributed by atoms with Gasteiger partial charge < -0.3 is 20.5 Å². The second-order valence-corrected chi connectivity index (χ2v) is 4.70. The van der Waals surface area contributed by atoms with Gasteiger partial charge >= 0.3 is 0 Å². The van der Waals surface area contributed by atoms with Crippen LogP contribution in [0.25, 0.3) is 0 Å². The molecule has 0 saturated carbocycles. The molecule has 5 heteroatoms. The maximum atomic E-state index is 11.7. The van der Waals surface area contributed by atoms with Crippen molar-refractivity contribution in [3.8, 4) is 5.75 Å². The number of hydrogen-bond donors (Lipinski definition) is 2. The highest BCUT2D eigenvalue weighted by atomic mass is 16.5. The third kappa shape index (κ3) is 3.61. The van der Waals surface area contributed by atoms with Crippen LogP contribution in [0.4, 0.5) is 5.69 Å². The van der Waals surface area contributed by atoms with E-state index in [4.69, 9.17) is 15.2 Å². The smallest absolute Gasteiger partial charge is 0.254 e. The molecule has 19 heavy (non-hydrogen) atoms. The summed E-state index contributed by atoms with van der Waals surface area (Å²) in [5.74, 6) is 0.862. The fraction of sp³-hybridized carbons (Fsp3) is 0.500. The molecule has 0 aromatic heterocycles. The van der Waals surface area contributed by atoms with Crippen molar-refractivity contribution >= 4 is 11.6 Å². The SMILES string of the molecule is CNC(=O)c1ccc(N)cc1OCC1CCOCC1. The number of nitrogen functional groups attached to an aromatic ring is 1. The molecule has 1 saturated heterocycles. The van der Waals surface area contributed by atoms with Gasteiger partial charge in [-0.1, -0.05) is 0 Å². The molecule has 0 spiro atoms. The molecule has 0 bridgehead atoms. The zero-order valence-corrected chi connectivity index (χ0v) is 11.1. The van der Waals surface area contributed by atoms with E-state index in [1.165, 1.54) is 0 Å².